The Kier molecular flexibility index (Phi) is 9.91. The van der Waals surface area contributed by atoms with Crippen LogP contribution >= 0.6 is 0 Å². The lowest BCUT2D eigenvalue weighted by molar-refractivity contribution is -0.176. The highest BCUT2D eigenvalue weighted by molar-refractivity contribution is 5.79. The molecule has 0 atom stereocenters. The topological polar surface area (TPSA) is 65.9 Å². The van der Waals surface area contributed by atoms with Crippen LogP contribution in [0.5, 0.6) is 0 Å². The van der Waals surface area contributed by atoms with Crippen LogP contribution in [0.4, 0.5) is 13.2 Å². The van der Waals surface area contributed by atoms with E-state index in [9.17, 15) is 18.3 Å². The Morgan fingerprint density at radius 1 is 1.17 bits per heavy atom. The third-order valence-electron chi connectivity index (χ3n) is 5.48. The van der Waals surface area contributed by atoms with Crippen molar-refractivity contribution in [1.82, 2.24) is 10.6 Å². The van der Waals surface area contributed by atoms with Gasteiger partial charge in [0.1, 0.15) is 6.61 Å². The lowest BCUT2D eigenvalue weighted by Crippen LogP contribution is -2.44. The third-order valence-corrected chi connectivity index (χ3v) is 5.48. The lowest BCUT2D eigenvalue weighted by Gasteiger charge is -2.37. The van der Waals surface area contributed by atoms with Crippen LogP contribution in [-0.2, 0) is 17.9 Å². The maximum absolute atomic E-state index is 12.2. The van der Waals surface area contributed by atoms with Crippen molar-refractivity contribution in [2.24, 2.45) is 10.4 Å². The molecule has 30 heavy (non-hydrogen) atoms. The molecule has 0 radical (unpaired) electrons. The van der Waals surface area contributed by atoms with Crippen LogP contribution in [-0.4, -0.2) is 43.5 Å². The van der Waals surface area contributed by atoms with Gasteiger partial charge >= 0.3 is 6.18 Å². The number of nitrogens with one attached hydrogen (secondary N) is 2. The van der Waals surface area contributed by atoms with E-state index in [1.54, 1.807) is 12.1 Å². The first-order chi connectivity index (χ1) is 14.4. The SMILES string of the molecule is CCNC(=NCc1cccc(COCC(F)(F)F)c1)NCC1(CCO)CCCCC1. The van der Waals surface area contributed by atoms with Crippen LogP contribution in [0.2, 0.25) is 0 Å². The number of aliphatic hydroxyl groups is 1. The van der Waals surface area contributed by atoms with E-state index in [1.165, 1.54) is 19.3 Å². The zero-order valence-corrected chi connectivity index (χ0v) is 17.7. The molecule has 0 bridgehead atoms. The molecule has 0 spiro atoms. The fraction of sp³-hybridized carbons (Fsp3) is 0.682. The molecule has 1 aliphatic rings. The van der Waals surface area contributed by atoms with E-state index in [4.69, 9.17) is 4.74 Å². The normalized spacial score (nSPS) is 17.0. The zero-order chi connectivity index (χ0) is 21.9. The summed E-state index contributed by atoms with van der Waals surface area (Å²) in [4.78, 5) is 4.63. The Labute approximate surface area is 177 Å². The number of alkyl halides is 3. The molecule has 0 saturated heterocycles. The van der Waals surface area contributed by atoms with E-state index < -0.39 is 12.8 Å². The van der Waals surface area contributed by atoms with Crippen LogP contribution in [0.25, 0.3) is 0 Å². The summed E-state index contributed by atoms with van der Waals surface area (Å²) in [6.45, 7) is 2.77. The molecule has 1 aromatic carbocycles. The number of benzene rings is 1. The van der Waals surface area contributed by atoms with Gasteiger partial charge in [-0.2, -0.15) is 13.2 Å². The number of nitrogens with zero attached hydrogens (tertiary/aromatic N) is 1. The molecule has 170 valence electrons. The fourth-order valence-electron chi connectivity index (χ4n) is 3.94. The summed E-state index contributed by atoms with van der Waals surface area (Å²) in [6, 6.07) is 7.26. The second-order valence-corrected chi connectivity index (χ2v) is 8.01. The van der Waals surface area contributed by atoms with Gasteiger partial charge < -0.3 is 20.5 Å². The molecule has 3 N–H and O–H groups in total. The molecular weight excluding hydrogens is 395 g/mol. The van der Waals surface area contributed by atoms with Gasteiger partial charge in [0.05, 0.1) is 13.2 Å². The van der Waals surface area contributed by atoms with Crippen LogP contribution < -0.4 is 10.6 Å². The molecule has 1 aromatic rings. The van der Waals surface area contributed by atoms with E-state index in [2.05, 4.69) is 15.6 Å². The molecule has 0 unspecified atom stereocenters. The second kappa shape index (κ2) is 12.2. The summed E-state index contributed by atoms with van der Waals surface area (Å²) in [6.07, 6.45) is 2.33. The Morgan fingerprint density at radius 3 is 2.57 bits per heavy atom. The van der Waals surface area contributed by atoms with Gasteiger partial charge in [0.2, 0.25) is 0 Å². The smallest absolute Gasteiger partial charge is 0.396 e. The minimum atomic E-state index is -4.32. The molecule has 0 aliphatic heterocycles. The van der Waals surface area contributed by atoms with Gasteiger partial charge in [-0.05, 0) is 42.7 Å². The number of aliphatic hydroxyl groups excluding tert-OH is 1. The molecular formula is C22H34F3N3O2. The first-order valence-corrected chi connectivity index (χ1v) is 10.7. The Hall–Kier alpha value is -1.80. The Morgan fingerprint density at radius 2 is 1.90 bits per heavy atom. The molecule has 1 fully saturated rings. The van der Waals surface area contributed by atoms with Crippen molar-refractivity contribution < 1.29 is 23.0 Å². The fourth-order valence-corrected chi connectivity index (χ4v) is 3.94. The van der Waals surface area contributed by atoms with Crippen molar-refractivity contribution in [3.05, 3.63) is 35.4 Å². The predicted molar refractivity (Wildman–Crippen MR) is 112 cm³/mol. The van der Waals surface area contributed by atoms with Gasteiger partial charge in [-0.25, -0.2) is 4.99 Å². The Bertz CT molecular complexity index is 654. The average Bonchev–Trinajstić information content (AvgIpc) is 2.70. The Balaban J connectivity index is 1.94. The summed E-state index contributed by atoms with van der Waals surface area (Å²) in [5.74, 6) is 0.708. The summed E-state index contributed by atoms with van der Waals surface area (Å²) < 4.78 is 41.4. The number of rotatable bonds is 10. The zero-order valence-electron chi connectivity index (χ0n) is 17.7. The predicted octanol–water partition coefficient (Wildman–Crippen LogP) is 4.15. The number of guanidine groups is 1. The van der Waals surface area contributed by atoms with Gasteiger partial charge in [-0.1, -0.05) is 43.5 Å². The highest BCUT2D eigenvalue weighted by atomic mass is 19.4. The monoisotopic (exact) mass is 429 g/mol. The standard InChI is InChI=1S/C22H34F3N3O2/c1-2-26-20(28-16-21(11-12-29)9-4-3-5-10-21)27-14-18-7-6-8-19(13-18)15-30-17-22(23,24)25/h6-8,13,29H,2-5,9-12,14-17H2,1H3,(H2,26,27,28). The van der Waals surface area contributed by atoms with Crippen molar-refractivity contribution in [2.45, 2.75) is 64.8 Å². The number of halogens is 3. The van der Waals surface area contributed by atoms with Gasteiger partial charge in [0.25, 0.3) is 0 Å². The third kappa shape index (κ3) is 8.92. The van der Waals surface area contributed by atoms with E-state index in [0.29, 0.717) is 18.1 Å². The van der Waals surface area contributed by atoms with Crippen LogP contribution in [0.15, 0.2) is 29.3 Å². The van der Waals surface area contributed by atoms with Crippen LogP contribution in [0.3, 0.4) is 0 Å². The van der Waals surface area contributed by atoms with Gasteiger partial charge in [0.15, 0.2) is 5.96 Å². The van der Waals surface area contributed by atoms with E-state index in [0.717, 1.165) is 37.9 Å². The molecule has 0 amide bonds. The van der Waals surface area contributed by atoms with Crippen molar-refractivity contribution in [1.29, 1.82) is 0 Å². The maximum Gasteiger partial charge on any atom is 0.411 e. The maximum atomic E-state index is 12.2. The molecule has 0 heterocycles. The molecule has 1 aliphatic carbocycles. The van der Waals surface area contributed by atoms with Crippen molar-refractivity contribution in [3.63, 3.8) is 0 Å². The van der Waals surface area contributed by atoms with Crippen molar-refractivity contribution in [2.75, 3.05) is 26.3 Å². The summed E-state index contributed by atoms with van der Waals surface area (Å²) in [7, 11) is 0. The van der Waals surface area contributed by atoms with Crippen LogP contribution in [0.1, 0.15) is 56.6 Å². The lowest BCUT2D eigenvalue weighted by atomic mass is 9.72. The molecule has 5 nitrogen and oxygen atoms in total. The van der Waals surface area contributed by atoms with E-state index in [1.807, 2.05) is 19.1 Å². The van der Waals surface area contributed by atoms with E-state index >= 15 is 0 Å². The number of hydrogen-bond donors (Lipinski definition) is 3. The van der Waals surface area contributed by atoms with Crippen molar-refractivity contribution >= 4 is 5.96 Å². The molecule has 0 aromatic heterocycles. The number of aliphatic imine (C=N–C) groups is 1. The summed E-state index contributed by atoms with van der Waals surface area (Å²) in [5.41, 5.74) is 1.70. The van der Waals surface area contributed by atoms with Gasteiger partial charge in [-0.3, -0.25) is 0 Å². The average molecular weight is 430 g/mol. The molecule has 1 saturated carbocycles. The number of hydrogen-bond acceptors (Lipinski definition) is 3. The quantitative estimate of drug-likeness (QED) is 0.386. The molecule has 8 heteroatoms. The summed E-state index contributed by atoms with van der Waals surface area (Å²) in [5, 5.41) is 16.2. The molecule has 2 rings (SSSR count). The second-order valence-electron chi connectivity index (χ2n) is 8.01. The highest BCUT2D eigenvalue weighted by Gasteiger charge is 2.31. The minimum absolute atomic E-state index is 0.0843. The van der Waals surface area contributed by atoms with Gasteiger partial charge in [-0.15, -0.1) is 0 Å². The van der Waals surface area contributed by atoms with Crippen molar-refractivity contribution in [3.8, 4) is 0 Å². The van der Waals surface area contributed by atoms with E-state index in [-0.39, 0.29) is 18.6 Å². The van der Waals surface area contributed by atoms with Crippen LogP contribution in [0, 0.1) is 5.41 Å². The van der Waals surface area contributed by atoms with Gasteiger partial charge in [0, 0.05) is 19.7 Å². The number of ether oxygens (including phenoxy) is 1. The first-order valence-electron chi connectivity index (χ1n) is 10.7. The minimum Gasteiger partial charge on any atom is -0.396 e. The largest absolute Gasteiger partial charge is 0.411 e. The summed E-state index contributed by atoms with van der Waals surface area (Å²) >= 11 is 0. The highest BCUT2D eigenvalue weighted by Crippen LogP contribution is 2.38. The first kappa shape index (κ1) is 24.5.